The highest BCUT2D eigenvalue weighted by atomic mass is 32.1. The van der Waals surface area contributed by atoms with Crippen LogP contribution >= 0.6 is 12.2 Å². The highest BCUT2D eigenvalue weighted by Crippen LogP contribution is 2.40. The van der Waals surface area contributed by atoms with Crippen LogP contribution in [0.3, 0.4) is 0 Å². The largest absolute Gasteiger partial charge is 0.494 e. The van der Waals surface area contributed by atoms with Crippen molar-refractivity contribution < 1.29 is 14.6 Å². The molecule has 0 bridgehead atoms. The number of aromatic hydroxyl groups is 1. The number of H-pyrrole nitrogens is 2. The fourth-order valence-corrected chi connectivity index (χ4v) is 3.18. The summed E-state index contributed by atoms with van der Waals surface area (Å²) in [6.45, 7) is 5.30. The van der Waals surface area contributed by atoms with Crippen LogP contribution in [0.15, 0.2) is 23.0 Å². The van der Waals surface area contributed by atoms with Gasteiger partial charge in [-0.15, -0.1) is 0 Å². The molecule has 1 heterocycles. The summed E-state index contributed by atoms with van der Waals surface area (Å²) in [5, 5.41) is 10.4. The van der Waals surface area contributed by atoms with Crippen molar-refractivity contribution in [3.63, 3.8) is 0 Å². The summed E-state index contributed by atoms with van der Waals surface area (Å²) in [5.74, 6) is 0.815. The van der Waals surface area contributed by atoms with Crippen molar-refractivity contribution in [1.82, 2.24) is 14.9 Å². The zero-order valence-corrected chi connectivity index (χ0v) is 15.6. The summed E-state index contributed by atoms with van der Waals surface area (Å²) in [5.41, 5.74) is 0.462. The van der Waals surface area contributed by atoms with Gasteiger partial charge in [0, 0.05) is 5.56 Å². The number of aromatic amines is 2. The maximum atomic E-state index is 12.6. The predicted octanol–water partition coefficient (Wildman–Crippen LogP) is 2.59. The van der Waals surface area contributed by atoms with Crippen LogP contribution in [0.5, 0.6) is 17.4 Å². The van der Waals surface area contributed by atoms with Gasteiger partial charge in [-0.1, -0.05) is 26.0 Å². The van der Waals surface area contributed by atoms with Gasteiger partial charge in [-0.2, -0.15) is 0 Å². The van der Waals surface area contributed by atoms with Gasteiger partial charge in [0.25, 0.3) is 5.56 Å². The summed E-state index contributed by atoms with van der Waals surface area (Å²) in [4.78, 5) is 19.8. The molecule has 1 aromatic carbocycles. The van der Waals surface area contributed by atoms with Crippen LogP contribution in [0, 0.1) is 4.77 Å². The number of nitrogens with zero attached hydrogens (tertiary/aromatic N) is 1. The van der Waals surface area contributed by atoms with Gasteiger partial charge in [0.05, 0.1) is 25.8 Å². The van der Waals surface area contributed by atoms with Crippen LogP contribution in [0.4, 0.5) is 0 Å². The van der Waals surface area contributed by atoms with Crippen molar-refractivity contribution in [2.75, 3.05) is 27.3 Å². The summed E-state index contributed by atoms with van der Waals surface area (Å²) in [6.07, 6.45) is 0. The van der Waals surface area contributed by atoms with Crippen LogP contribution in [-0.2, 0) is 0 Å². The van der Waals surface area contributed by atoms with Gasteiger partial charge in [0.15, 0.2) is 16.3 Å². The van der Waals surface area contributed by atoms with E-state index in [2.05, 4.69) is 9.97 Å². The van der Waals surface area contributed by atoms with Crippen molar-refractivity contribution >= 4 is 12.2 Å². The van der Waals surface area contributed by atoms with Crippen molar-refractivity contribution in [2.24, 2.45) is 0 Å². The van der Waals surface area contributed by atoms with Crippen molar-refractivity contribution in [3.8, 4) is 17.4 Å². The molecule has 0 aliphatic heterocycles. The molecule has 0 amide bonds. The van der Waals surface area contributed by atoms with E-state index in [0.717, 1.165) is 5.56 Å². The molecule has 0 unspecified atom stereocenters. The second-order valence-electron chi connectivity index (χ2n) is 5.38. The number of aromatic nitrogens is 2. The lowest BCUT2D eigenvalue weighted by Gasteiger charge is -2.31. The van der Waals surface area contributed by atoms with Crippen LogP contribution in [0.1, 0.15) is 31.0 Å². The molecule has 8 heteroatoms. The first-order valence-electron chi connectivity index (χ1n) is 7.98. The normalized spacial score (nSPS) is 12.2. The molecular weight excluding hydrogens is 342 g/mol. The van der Waals surface area contributed by atoms with Crippen LogP contribution in [-0.4, -0.2) is 47.3 Å². The fourth-order valence-electron chi connectivity index (χ4n) is 2.99. The van der Waals surface area contributed by atoms with E-state index in [0.29, 0.717) is 24.6 Å². The summed E-state index contributed by atoms with van der Waals surface area (Å²) < 4.78 is 11.0. The van der Waals surface area contributed by atoms with E-state index < -0.39 is 11.6 Å². The molecule has 0 spiro atoms. The van der Waals surface area contributed by atoms with E-state index in [9.17, 15) is 9.90 Å². The molecule has 0 aliphatic carbocycles. The molecule has 3 N–H and O–H groups in total. The van der Waals surface area contributed by atoms with E-state index in [4.69, 9.17) is 21.7 Å². The first-order chi connectivity index (χ1) is 12.0. The molecule has 0 saturated carbocycles. The maximum Gasteiger partial charge on any atom is 0.260 e. The standard InChI is InChI=1S/C17H23N3O4S/c1-5-20(6-2)13(12-15(21)18-17(25)19-16(12)22)10-8-7-9-11(23-3)14(10)24-4/h7-9,13H,5-6H2,1-4H3,(H3,18,19,21,22,25)/t13-/m1/s1. The van der Waals surface area contributed by atoms with Gasteiger partial charge in [-0.25, -0.2) is 0 Å². The Kier molecular flexibility index (Phi) is 6.22. The van der Waals surface area contributed by atoms with Crippen molar-refractivity contribution in [3.05, 3.63) is 44.5 Å². The Bertz CT molecular complexity index is 843. The number of nitrogens with one attached hydrogen (secondary N) is 2. The molecule has 0 aliphatic rings. The quantitative estimate of drug-likeness (QED) is 0.654. The minimum atomic E-state index is -0.532. The average molecular weight is 365 g/mol. The number of para-hydroxylation sites is 1. The van der Waals surface area contributed by atoms with E-state index >= 15 is 0 Å². The Labute approximate surface area is 151 Å². The third-order valence-electron chi connectivity index (χ3n) is 4.14. The predicted molar refractivity (Wildman–Crippen MR) is 98.2 cm³/mol. The third kappa shape index (κ3) is 3.69. The number of hydrogen-bond acceptors (Lipinski definition) is 6. The summed E-state index contributed by atoms with van der Waals surface area (Å²) in [7, 11) is 3.10. The Hall–Kier alpha value is -2.32. The summed E-state index contributed by atoms with van der Waals surface area (Å²) in [6, 6.07) is 4.93. The lowest BCUT2D eigenvalue weighted by atomic mass is 9.97. The molecule has 25 heavy (non-hydrogen) atoms. The monoisotopic (exact) mass is 365 g/mol. The zero-order valence-electron chi connectivity index (χ0n) is 14.8. The number of ether oxygens (including phenoxy) is 2. The van der Waals surface area contributed by atoms with Gasteiger partial charge < -0.3 is 19.6 Å². The third-order valence-corrected chi connectivity index (χ3v) is 4.34. The van der Waals surface area contributed by atoms with Gasteiger partial charge in [0.1, 0.15) is 0 Å². The highest BCUT2D eigenvalue weighted by Gasteiger charge is 2.30. The van der Waals surface area contributed by atoms with Gasteiger partial charge in [-0.05, 0) is 31.4 Å². The first kappa shape index (κ1) is 19.0. The van der Waals surface area contributed by atoms with Crippen molar-refractivity contribution in [2.45, 2.75) is 19.9 Å². The molecule has 0 radical (unpaired) electrons. The van der Waals surface area contributed by atoms with Crippen molar-refractivity contribution in [1.29, 1.82) is 0 Å². The van der Waals surface area contributed by atoms with E-state index in [1.54, 1.807) is 20.3 Å². The number of methoxy groups -OCH3 is 2. The summed E-state index contributed by atoms with van der Waals surface area (Å²) >= 11 is 4.93. The molecular formula is C17H23N3O4S. The number of rotatable bonds is 7. The van der Waals surface area contributed by atoms with E-state index in [1.807, 2.05) is 30.9 Å². The zero-order chi connectivity index (χ0) is 18.6. The lowest BCUT2D eigenvalue weighted by molar-refractivity contribution is 0.236. The average Bonchev–Trinajstić information content (AvgIpc) is 2.59. The van der Waals surface area contributed by atoms with Gasteiger partial charge in [-0.3, -0.25) is 14.7 Å². The number of hydrogen-bond donors (Lipinski definition) is 3. The Balaban J connectivity index is 2.81. The molecule has 7 nitrogen and oxygen atoms in total. The lowest BCUT2D eigenvalue weighted by Crippen LogP contribution is -2.33. The second kappa shape index (κ2) is 8.17. The molecule has 1 atom stereocenters. The minimum absolute atomic E-state index is 0.0714. The Morgan fingerprint density at radius 2 is 1.88 bits per heavy atom. The molecule has 1 aromatic heterocycles. The highest BCUT2D eigenvalue weighted by molar-refractivity contribution is 7.71. The molecule has 0 fully saturated rings. The van der Waals surface area contributed by atoms with Crippen LogP contribution in [0.2, 0.25) is 0 Å². The first-order valence-corrected chi connectivity index (χ1v) is 8.39. The SMILES string of the molecule is CCN(CC)[C@H](c1cccc(OC)c1OC)c1c(O)[nH]c(=S)[nH]c1=O. The second-order valence-corrected chi connectivity index (χ2v) is 5.79. The van der Waals surface area contributed by atoms with E-state index in [1.165, 1.54) is 0 Å². The van der Waals surface area contributed by atoms with Crippen LogP contribution < -0.4 is 15.0 Å². The van der Waals surface area contributed by atoms with Gasteiger partial charge >= 0.3 is 0 Å². The maximum absolute atomic E-state index is 12.6. The minimum Gasteiger partial charge on any atom is -0.494 e. The smallest absolute Gasteiger partial charge is 0.260 e. The fraction of sp³-hybridized carbons (Fsp3) is 0.412. The molecule has 0 saturated heterocycles. The van der Waals surface area contributed by atoms with Crippen LogP contribution in [0.25, 0.3) is 0 Å². The van der Waals surface area contributed by atoms with Gasteiger partial charge in [0.2, 0.25) is 5.88 Å². The molecule has 2 aromatic rings. The number of benzene rings is 1. The Morgan fingerprint density at radius 3 is 2.40 bits per heavy atom. The molecule has 136 valence electrons. The molecule has 2 rings (SSSR count). The topological polar surface area (TPSA) is 90.6 Å². The Morgan fingerprint density at radius 1 is 1.20 bits per heavy atom. The van der Waals surface area contributed by atoms with E-state index in [-0.39, 0.29) is 16.2 Å².